The zero-order valence-corrected chi connectivity index (χ0v) is 10.8. The van der Waals surface area contributed by atoms with Gasteiger partial charge in [-0.15, -0.1) is 0 Å². The molecule has 0 unspecified atom stereocenters. The minimum Gasteiger partial charge on any atom is -0.481 e. The SMILES string of the molecule is CCOC(=O)c1c(C(F)F)cc(OC)nc1Br. The number of carbonyl (C=O) groups is 1. The summed E-state index contributed by atoms with van der Waals surface area (Å²) in [6.45, 7) is 1.69. The molecule has 1 aromatic heterocycles. The highest BCUT2D eigenvalue weighted by Crippen LogP contribution is 2.31. The normalized spacial score (nSPS) is 10.5. The first kappa shape index (κ1) is 13.8. The van der Waals surface area contributed by atoms with Crippen LogP contribution >= 0.6 is 15.9 Å². The molecule has 0 saturated carbocycles. The summed E-state index contributed by atoms with van der Waals surface area (Å²) in [5, 5.41) is 0. The molecule has 4 nitrogen and oxygen atoms in total. The second-order valence-electron chi connectivity index (χ2n) is 2.94. The number of halogens is 3. The second kappa shape index (κ2) is 5.90. The van der Waals surface area contributed by atoms with Gasteiger partial charge in [0.2, 0.25) is 5.88 Å². The molecule has 0 amide bonds. The summed E-state index contributed by atoms with van der Waals surface area (Å²) >= 11 is 2.95. The maximum absolute atomic E-state index is 12.8. The molecule has 0 aliphatic rings. The first-order chi connectivity index (χ1) is 8.01. The van der Waals surface area contributed by atoms with Gasteiger partial charge in [-0.25, -0.2) is 18.6 Å². The fourth-order valence-corrected chi connectivity index (χ4v) is 1.76. The molecule has 0 fully saturated rings. The Labute approximate surface area is 105 Å². The van der Waals surface area contributed by atoms with Crippen LogP contribution in [0, 0.1) is 0 Å². The van der Waals surface area contributed by atoms with Gasteiger partial charge in [0.25, 0.3) is 6.43 Å². The molecule has 17 heavy (non-hydrogen) atoms. The lowest BCUT2D eigenvalue weighted by atomic mass is 10.1. The fourth-order valence-electron chi connectivity index (χ4n) is 1.19. The Balaban J connectivity index is 3.31. The van der Waals surface area contributed by atoms with Gasteiger partial charge in [0, 0.05) is 11.6 Å². The lowest BCUT2D eigenvalue weighted by Crippen LogP contribution is -2.11. The quantitative estimate of drug-likeness (QED) is 0.634. The Hall–Kier alpha value is -1.24. The third-order valence-corrected chi connectivity index (χ3v) is 2.48. The van der Waals surface area contributed by atoms with Crippen LogP contribution in [0.15, 0.2) is 10.7 Å². The van der Waals surface area contributed by atoms with Gasteiger partial charge in [0.05, 0.1) is 13.7 Å². The molecule has 1 heterocycles. The number of nitrogens with zero attached hydrogens (tertiary/aromatic N) is 1. The van der Waals surface area contributed by atoms with Crippen LogP contribution < -0.4 is 4.74 Å². The Morgan fingerprint density at radius 2 is 2.24 bits per heavy atom. The smallest absolute Gasteiger partial charge is 0.341 e. The van der Waals surface area contributed by atoms with Gasteiger partial charge in [-0.2, -0.15) is 0 Å². The molecule has 0 aliphatic carbocycles. The zero-order chi connectivity index (χ0) is 13.0. The number of ether oxygens (including phenoxy) is 2. The van der Waals surface area contributed by atoms with Crippen molar-refractivity contribution in [3.8, 4) is 5.88 Å². The van der Waals surface area contributed by atoms with Gasteiger partial charge >= 0.3 is 5.97 Å². The summed E-state index contributed by atoms with van der Waals surface area (Å²) in [4.78, 5) is 15.3. The molecule has 0 bridgehead atoms. The van der Waals surface area contributed by atoms with E-state index in [4.69, 9.17) is 9.47 Å². The van der Waals surface area contributed by atoms with Crippen LogP contribution in [0.2, 0.25) is 0 Å². The summed E-state index contributed by atoms with van der Waals surface area (Å²) in [6.07, 6.45) is -2.82. The van der Waals surface area contributed by atoms with Crippen molar-refractivity contribution >= 4 is 21.9 Å². The van der Waals surface area contributed by atoms with Gasteiger partial charge in [0.1, 0.15) is 10.2 Å². The van der Waals surface area contributed by atoms with Crippen molar-refractivity contribution in [3.63, 3.8) is 0 Å². The van der Waals surface area contributed by atoms with Gasteiger partial charge in [-0.3, -0.25) is 0 Å². The molecule has 0 saturated heterocycles. The summed E-state index contributed by atoms with van der Waals surface area (Å²) in [5.41, 5.74) is -0.746. The number of alkyl halides is 2. The van der Waals surface area contributed by atoms with Crippen LogP contribution in [-0.2, 0) is 4.74 Å². The van der Waals surface area contributed by atoms with E-state index in [9.17, 15) is 13.6 Å². The average molecular weight is 310 g/mol. The lowest BCUT2D eigenvalue weighted by Gasteiger charge is -2.11. The van der Waals surface area contributed by atoms with Crippen molar-refractivity contribution in [3.05, 3.63) is 21.8 Å². The number of hydrogen-bond acceptors (Lipinski definition) is 4. The van der Waals surface area contributed by atoms with E-state index in [1.54, 1.807) is 6.92 Å². The van der Waals surface area contributed by atoms with Crippen molar-refractivity contribution in [2.24, 2.45) is 0 Å². The number of methoxy groups -OCH3 is 1. The first-order valence-corrected chi connectivity index (χ1v) is 5.50. The molecule has 0 radical (unpaired) electrons. The Bertz CT molecular complexity index is 426. The number of carbonyl (C=O) groups excluding carboxylic acids is 1. The topological polar surface area (TPSA) is 48.4 Å². The van der Waals surface area contributed by atoms with Gasteiger partial charge in [-0.05, 0) is 22.9 Å². The molecular formula is C10H10BrF2NO3. The molecule has 0 atom stereocenters. The Morgan fingerprint density at radius 3 is 2.71 bits per heavy atom. The number of rotatable bonds is 4. The van der Waals surface area contributed by atoms with E-state index in [0.717, 1.165) is 6.07 Å². The van der Waals surface area contributed by atoms with E-state index in [2.05, 4.69) is 20.9 Å². The summed E-state index contributed by atoms with van der Waals surface area (Å²) < 4.78 is 35.0. The summed E-state index contributed by atoms with van der Waals surface area (Å²) in [5.74, 6) is -0.843. The molecule has 1 rings (SSSR count). The van der Waals surface area contributed by atoms with Crippen LogP contribution in [0.25, 0.3) is 0 Å². The van der Waals surface area contributed by atoms with E-state index >= 15 is 0 Å². The van der Waals surface area contributed by atoms with Gasteiger partial charge < -0.3 is 9.47 Å². The van der Waals surface area contributed by atoms with Crippen LogP contribution in [0.3, 0.4) is 0 Å². The van der Waals surface area contributed by atoms with E-state index in [-0.39, 0.29) is 22.7 Å². The molecule has 94 valence electrons. The van der Waals surface area contributed by atoms with Crippen molar-refractivity contribution in [1.82, 2.24) is 4.98 Å². The average Bonchev–Trinajstić information content (AvgIpc) is 2.27. The molecule has 0 aliphatic heterocycles. The predicted molar refractivity (Wildman–Crippen MR) is 59.4 cm³/mol. The highest BCUT2D eigenvalue weighted by molar-refractivity contribution is 9.10. The van der Waals surface area contributed by atoms with Crippen LogP contribution in [0.4, 0.5) is 8.78 Å². The van der Waals surface area contributed by atoms with Crippen LogP contribution in [0.5, 0.6) is 5.88 Å². The van der Waals surface area contributed by atoms with Gasteiger partial charge in [-0.1, -0.05) is 0 Å². The molecule has 0 N–H and O–H groups in total. The van der Waals surface area contributed by atoms with E-state index in [1.165, 1.54) is 7.11 Å². The minimum absolute atomic E-state index is 0.000207. The molecule has 0 aromatic carbocycles. The minimum atomic E-state index is -2.82. The van der Waals surface area contributed by atoms with Crippen molar-refractivity contribution in [1.29, 1.82) is 0 Å². The van der Waals surface area contributed by atoms with E-state index < -0.39 is 18.0 Å². The largest absolute Gasteiger partial charge is 0.481 e. The Kier molecular flexibility index (Phi) is 4.80. The third kappa shape index (κ3) is 3.12. The van der Waals surface area contributed by atoms with Crippen molar-refractivity contribution in [2.45, 2.75) is 13.3 Å². The number of esters is 1. The number of aromatic nitrogens is 1. The van der Waals surface area contributed by atoms with E-state index in [0.29, 0.717) is 0 Å². The third-order valence-electron chi connectivity index (χ3n) is 1.91. The number of pyridine rings is 1. The highest BCUT2D eigenvalue weighted by atomic mass is 79.9. The number of hydrogen-bond donors (Lipinski definition) is 0. The van der Waals surface area contributed by atoms with Crippen molar-refractivity contribution < 1.29 is 23.0 Å². The molecular weight excluding hydrogens is 300 g/mol. The first-order valence-electron chi connectivity index (χ1n) is 4.71. The maximum Gasteiger partial charge on any atom is 0.341 e. The van der Waals surface area contributed by atoms with Crippen LogP contribution in [0.1, 0.15) is 29.3 Å². The summed E-state index contributed by atoms with van der Waals surface area (Å²) in [7, 11) is 1.30. The molecule has 1 aromatic rings. The zero-order valence-electron chi connectivity index (χ0n) is 9.17. The molecule has 7 heteroatoms. The Morgan fingerprint density at radius 1 is 1.59 bits per heavy atom. The summed E-state index contributed by atoms with van der Waals surface area (Å²) in [6, 6.07) is 1.02. The fraction of sp³-hybridized carbons (Fsp3) is 0.400. The monoisotopic (exact) mass is 309 g/mol. The van der Waals surface area contributed by atoms with E-state index in [1.807, 2.05) is 0 Å². The maximum atomic E-state index is 12.8. The highest BCUT2D eigenvalue weighted by Gasteiger charge is 2.24. The van der Waals surface area contributed by atoms with Gasteiger partial charge in [0.15, 0.2) is 0 Å². The van der Waals surface area contributed by atoms with Crippen molar-refractivity contribution in [2.75, 3.05) is 13.7 Å². The van der Waals surface area contributed by atoms with Crippen LogP contribution in [-0.4, -0.2) is 24.7 Å². The standard InChI is InChI=1S/C10H10BrF2NO3/c1-3-17-10(15)7-5(9(12)13)4-6(16-2)14-8(7)11/h4,9H,3H2,1-2H3. The lowest BCUT2D eigenvalue weighted by molar-refractivity contribution is 0.0513. The predicted octanol–water partition coefficient (Wildman–Crippen LogP) is 2.97. The molecule has 0 spiro atoms. The second-order valence-corrected chi connectivity index (χ2v) is 3.69.